The third kappa shape index (κ3) is 1.40. The Morgan fingerprint density at radius 2 is 2.14 bits per heavy atom. The minimum absolute atomic E-state index is 0.0418. The van der Waals surface area contributed by atoms with Gasteiger partial charge in [-0.05, 0) is 19.3 Å². The second kappa shape index (κ2) is 3.29. The molecule has 0 aromatic heterocycles. The monoisotopic (exact) mass is 193 g/mol. The number of hydrogen-bond acceptors (Lipinski definition) is 2. The molecule has 0 radical (unpaired) electrons. The maximum Gasteiger partial charge on any atom is 0.322 e. The van der Waals surface area contributed by atoms with Gasteiger partial charge in [0.15, 0.2) is 0 Å². The summed E-state index contributed by atoms with van der Waals surface area (Å²) in [5.41, 5.74) is 0.0418. The minimum atomic E-state index is -0.809. The number of terminal acetylenes is 1. The van der Waals surface area contributed by atoms with Gasteiger partial charge in [-0.15, -0.1) is 12.3 Å². The van der Waals surface area contributed by atoms with E-state index in [0.717, 1.165) is 19.3 Å². The lowest BCUT2D eigenvalue weighted by atomic mass is 9.90. The average molecular weight is 193 g/mol. The van der Waals surface area contributed by atoms with Crippen LogP contribution in [0.2, 0.25) is 0 Å². The largest absolute Gasteiger partial charge is 0.480 e. The molecule has 1 aliphatic heterocycles. The molecule has 2 rings (SSSR count). The van der Waals surface area contributed by atoms with E-state index in [0.29, 0.717) is 0 Å². The van der Waals surface area contributed by atoms with Gasteiger partial charge in [0, 0.05) is 11.5 Å². The van der Waals surface area contributed by atoms with Crippen LogP contribution in [0.15, 0.2) is 0 Å². The Balaban J connectivity index is 2.15. The Hall–Kier alpha value is -1.01. The normalized spacial score (nSPS) is 34.5. The molecule has 76 valence electrons. The van der Waals surface area contributed by atoms with Crippen molar-refractivity contribution in [1.82, 2.24) is 5.32 Å². The van der Waals surface area contributed by atoms with Crippen molar-refractivity contribution in [3.05, 3.63) is 0 Å². The van der Waals surface area contributed by atoms with Gasteiger partial charge < -0.3 is 5.11 Å². The number of nitrogens with one attached hydrogen (secondary N) is 1. The molecule has 0 bridgehead atoms. The van der Waals surface area contributed by atoms with Gasteiger partial charge in [0.2, 0.25) is 0 Å². The molecule has 1 saturated heterocycles. The zero-order valence-corrected chi connectivity index (χ0v) is 8.12. The average Bonchev–Trinajstić information content (AvgIpc) is 2.74. The van der Waals surface area contributed by atoms with E-state index in [4.69, 9.17) is 11.5 Å². The summed E-state index contributed by atoms with van der Waals surface area (Å²) in [6.45, 7) is 0. The first-order chi connectivity index (χ1) is 6.67. The minimum Gasteiger partial charge on any atom is -0.480 e. The zero-order chi connectivity index (χ0) is 10.2. The van der Waals surface area contributed by atoms with Crippen molar-refractivity contribution in [3.63, 3.8) is 0 Å². The first-order valence-corrected chi connectivity index (χ1v) is 5.13. The van der Waals surface area contributed by atoms with E-state index in [-0.39, 0.29) is 11.5 Å². The van der Waals surface area contributed by atoms with Crippen LogP contribution in [0.4, 0.5) is 0 Å². The highest BCUT2D eigenvalue weighted by atomic mass is 16.4. The van der Waals surface area contributed by atoms with E-state index in [2.05, 4.69) is 11.2 Å². The second-order valence-corrected chi connectivity index (χ2v) is 4.42. The topological polar surface area (TPSA) is 49.3 Å². The van der Waals surface area contributed by atoms with E-state index < -0.39 is 12.0 Å². The van der Waals surface area contributed by atoms with Crippen LogP contribution in [-0.4, -0.2) is 22.7 Å². The van der Waals surface area contributed by atoms with Gasteiger partial charge >= 0.3 is 5.97 Å². The van der Waals surface area contributed by atoms with Gasteiger partial charge in [0.05, 0.1) is 0 Å². The van der Waals surface area contributed by atoms with Crippen molar-refractivity contribution in [2.45, 2.75) is 43.7 Å². The van der Waals surface area contributed by atoms with Crippen LogP contribution < -0.4 is 5.32 Å². The molecule has 2 N–H and O–H groups in total. The van der Waals surface area contributed by atoms with Crippen molar-refractivity contribution < 1.29 is 9.90 Å². The van der Waals surface area contributed by atoms with Crippen molar-refractivity contribution in [1.29, 1.82) is 0 Å². The van der Waals surface area contributed by atoms with Crippen LogP contribution in [-0.2, 0) is 4.79 Å². The van der Waals surface area contributed by atoms with Crippen LogP contribution in [0, 0.1) is 18.3 Å². The zero-order valence-electron chi connectivity index (χ0n) is 8.12. The molecule has 3 heteroatoms. The Bertz CT molecular complexity index is 286. The van der Waals surface area contributed by atoms with Gasteiger partial charge in [-0.2, -0.15) is 0 Å². The summed E-state index contributed by atoms with van der Waals surface area (Å²) in [4.78, 5) is 11.0. The molecule has 2 aliphatic rings. The summed E-state index contributed by atoms with van der Waals surface area (Å²) >= 11 is 0. The first kappa shape index (κ1) is 9.54. The summed E-state index contributed by atoms with van der Waals surface area (Å²) in [7, 11) is 0. The predicted molar refractivity (Wildman–Crippen MR) is 52.7 cm³/mol. The summed E-state index contributed by atoms with van der Waals surface area (Å²) in [6, 6.07) is -0.530. The van der Waals surface area contributed by atoms with E-state index >= 15 is 0 Å². The highest BCUT2D eigenvalue weighted by molar-refractivity contribution is 5.75. The summed E-state index contributed by atoms with van der Waals surface area (Å²) < 4.78 is 0. The van der Waals surface area contributed by atoms with Crippen molar-refractivity contribution in [2.24, 2.45) is 5.92 Å². The molecule has 0 aromatic rings. The number of hydrogen-bond donors (Lipinski definition) is 2. The Morgan fingerprint density at radius 3 is 2.57 bits per heavy atom. The highest BCUT2D eigenvalue weighted by Crippen LogP contribution is 2.40. The third-order valence-electron chi connectivity index (χ3n) is 3.52. The lowest BCUT2D eigenvalue weighted by Crippen LogP contribution is -2.44. The van der Waals surface area contributed by atoms with Gasteiger partial charge in [-0.25, -0.2) is 0 Å². The van der Waals surface area contributed by atoms with Gasteiger partial charge in [0.25, 0.3) is 0 Å². The number of carboxylic acids is 1. The summed E-state index contributed by atoms with van der Waals surface area (Å²) in [6.07, 6.45) is 10.7. The maximum absolute atomic E-state index is 11.0. The van der Waals surface area contributed by atoms with Gasteiger partial charge in [-0.1, -0.05) is 12.8 Å². The predicted octanol–water partition coefficient (Wildman–Crippen LogP) is 0.995. The van der Waals surface area contributed by atoms with Crippen LogP contribution in [0.25, 0.3) is 0 Å². The molecule has 1 heterocycles. The Kier molecular flexibility index (Phi) is 2.24. The van der Waals surface area contributed by atoms with Gasteiger partial charge in [-0.3, -0.25) is 10.1 Å². The number of carboxylic acid groups (broad SMARTS) is 1. The fraction of sp³-hybridized carbons (Fsp3) is 0.727. The number of rotatable bonds is 1. The smallest absolute Gasteiger partial charge is 0.322 e. The van der Waals surface area contributed by atoms with E-state index in [1.54, 1.807) is 0 Å². The molecule has 1 spiro atoms. The quantitative estimate of drug-likeness (QED) is 0.611. The number of aliphatic carboxylic acids is 1. The second-order valence-electron chi connectivity index (χ2n) is 4.42. The molecule has 2 atom stereocenters. The van der Waals surface area contributed by atoms with E-state index in [9.17, 15) is 4.79 Å². The molecular formula is C11H15NO2. The lowest BCUT2D eigenvalue weighted by molar-refractivity contribution is -0.139. The molecule has 0 amide bonds. The molecule has 1 aliphatic carbocycles. The molecule has 2 unspecified atom stereocenters. The van der Waals surface area contributed by atoms with Crippen LogP contribution in [0.5, 0.6) is 0 Å². The summed E-state index contributed by atoms with van der Waals surface area (Å²) in [5, 5.41) is 12.2. The van der Waals surface area contributed by atoms with Crippen molar-refractivity contribution in [3.8, 4) is 12.3 Å². The molecule has 2 fully saturated rings. The first-order valence-electron chi connectivity index (χ1n) is 5.13. The summed E-state index contributed by atoms with van der Waals surface area (Å²) in [5.74, 6) is 1.66. The maximum atomic E-state index is 11.0. The van der Waals surface area contributed by atoms with Crippen LogP contribution >= 0.6 is 0 Å². The van der Waals surface area contributed by atoms with E-state index in [1.165, 1.54) is 12.8 Å². The Labute approximate surface area is 83.9 Å². The SMILES string of the molecule is C#CC1CC2(CCCC2)NC1C(=O)O. The van der Waals surface area contributed by atoms with Crippen LogP contribution in [0.1, 0.15) is 32.1 Å². The third-order valence-corrected chi connectivity index (χ3v) is 3.52. The molecular weight excluding hydrogens is 178 g/mol. The van der Waals surface area contributed by atoms with Gasteiger partial charge in [0.1, 0.15) is 6.04 Å². The Morgan fingerprint density at radius 1 is 1.50 bits per heavy atom. The standard InChI is InChI=1S/C11H15NO2/c1-2-8-7-11(5-3-4-6-11)12-9(8)10(13)14/h1,8-9,12H,3-7H2,(H,13,14). The van der Waals surface area contributed by atoms with Crippen molar-refractivity contribution in [2.75, 3.05) is 0 Å². The van der Waals surface area contributed by atoms with Crippen LogP contribution in [0.3, 0.4) is 0 Å². The molecule has 14 heavy (non-hydrogen) atoms. The molecule has 0 aromatic carbocycles. The number of carbonyl (C=O) groups is 1. The lowest BCUT2D eigenvalue weighted by Gasteiger charge is -2.23. The molecule has 3 nitrogen and oxygen atoms in total. The molecule has 1 saturated carbocycles. The van der Waals surface area contributed by atoms with Crippen molar-refractivity contribution >= 4 is 5.97 Å². The fourth-order valence-electron chi connectivity index (χ4n) is 2.82. The highest BCUT2D eigenvalue weighted by Gasteiger charge is 2.48. The van der Waals surface area contributed by atoms with E-state index in [1.807, 2.05) is 0 Å². The fourth-order valence-corrected chi connectivity index (χ4v) is 2.82.